The maximum atomic E-state index is 5.46. The van der Waals surface area contributed by atoms with Crippen LogP contribution in [0.4, 0.5) is 5.69 Å². The van der Waals surface area contributed by atoms with Crippen LogP contribution in [0.15, 0.2) is 48.5 Å². The zero-order valence-corrected chi connectivity index (χ0v) is 13.6. The number of thiocarbonyl (C=S) groups is 1. The Labute approximate surface area is 136 Å². The number of ether oxygens (including phenoxy) is 2. The fraction of sp³-hybridized carbons (Fsp3) is 0.235. The minimum atomic E-state index is 0.574. The Morgan fingerprint density at radius 2 is 1.86 bits per heavy atom. The van der Waals surface area contributed by atoms with Gasteiger partial charge in [0.2, 0.25) is 0 Å². The fourth-order valence-electron chi connectivity index (χ4n) is 1.93. The first-order valence-electron chi connectivity index (χ1n) is 7.12. The Balaban J connectivity index is 1.85. The molecule has 5 heteroatoms. The fourth-order valence-corrected chi connectivity index (χ4v) is 2.12. The van der Waals surface area contributed by atoms with Crippen LogP contribution in [0.5, 0.6) is 11.5 Å². The standard InChI is InChI=1S/C17H20N2O2S/c1-3-21-16-6-4-5-14(11-16)19-17(22)18-12-13-7-9-15(20-2)10-8-13/h4-11H,3,12H2,1-2H3,(H2,18,19,22). The largest absolute Gasteiger partial charge is 0.497 e. The van der Waals surface area contributed by atoms with Crippen LogP contribution in [0.25, 0.3) is 0 Å². The number of nitrogens with one attached hydrogen (secondary N) is 2. The summed E-state index contributed by atoms with van der Waals surface area (Å²) in [6.07, 6.45) is 0. The lowest BCUT2D eigenvalue weighted by Crippen LogP contribution is -2.27. The first-order chi connectivity index (χ1) is 10.7. The lowest BCUT2D eigenvalue weighted by molar-refractivity contribution is 0.340. The molecule has 22 heavy (non-hydrogen) atoms. The highest BCUT2D eigenvalue weighted by Crippen LogP contribution is 2.17. The molecule has 0 radical (unpaired) electrons. The summed E-state index contributed by atoms with van der Waals surface area (Å²) in [6, 6.07) is 15.6. The SMILES string of the molecule is CCOc1cccc(NC(=S)NCc2ccc(OC)cc2)c1. The molecule has 2 aromatic rings. The molecule has 0 aliphatic carbocycles. The molecular formula is C17H20N2O2S. The number of methoxy groups -OCH3 is 1. The zero-order chi connectivity index (χ0) is 15.8. The summed E-state index contributed by atoms with van der Waals surface area (Å²) in [5.74, 6) is 1.67. The Morgan fingerprint density at radius 3 is 2.55 bits per heavy atom. The molecule has 0 aromatic heterocycles. The van der Waals surface area contributed by atoms with E-state index < -0.39 is 0 Å². The van der Waals surface area contributed by atoms with Gasteiger partial charge in [-0.2, -0.15) is 0 Å². The van der Waals surface area contributed by atoms with E-state index in [1.54, 1.807) is 7.11 Å². The smallest absolute Gasteiger partial charge is 0.171 e. The summed E-state index contributed by atoms with van der Waals surface area (Å²) in [7, 11) is 1.66. The Morgan fingerprint density at radius 1 is 1.09 bits per heavy atom. The molecule has 0 amide bonds. The molecule has 2 rings (SSSR count). The van der Waals surface area contributed by atoms with Crippen LogP contribution in [0.3, 0.4) is 0 Å². The van der Waals surface area contributed by atoms with Gasteiger partial charge in [0.05, 0.1) is 13.7 Å². The van der Waals surface area contributed by atoms with Gasteiger partial charge in [0.15, 0.2) is 5.11 Å². The molecule has 0 heterocycles. The third kappa shape index (κ3) is 4.93. The molecule has 0 atom stereocenters. The van der Waals surface area contributed by atoms with Crippen molar-refractivity contribution in [1.82, 2.24) is 5.32 Å². The number of benzene rings is 2. The summed E-state index contributed by atoms with van der Waals surface area (Å²) in [4.78, 5) is 0. The van der Waals surface area contributed by atoms with Gasteiger partial charge in [0, 0.05) is 18.3 Å². The Bertz CT molecular complexity index is 614. The van der Waals surface area contributed by atoms with Crippen LogP contribution in [-0.2, 0) is 6.54 Å². The molecule has 0 saturated heterocycles. The molecule has 0 unspecified atom stereocenters. The van der Waals surface area contributed by atoms with Gasteiger partial charge in [-0.1, -0.05) is 18.2 Å². The molecule has 0 spiro atoms. The maximum Gasteiger partial charge on any atom is 0.171 e. The molecular weight excluding hydrogens is 296 g/mol. The van der Waals surface area contributed by atoms with Gasteiger partial charge in [-0.15, -0.1) is 0 Å². The lowest BCUT2D eigenvalue weighted by Gasteiger charge is -2.12. The molecule has 0 saturated carbocycles. The molecule has 0 fully saturated rings. The topological polar surface area (TPSA) is 42.5 Å². The van der Waals surface area contributed by atoms with Crippen molar-refractivity contribution in [3.05, 3.63) is 54.1 Å². The van der Waals surface area contributed by atoms with E-state index in [0.717, 1.165) is 22.7 Å². The van der Waals surface area contributed by atoms with Gasteiger partial charge in [-0.3, -0.25) is 0 Å². The second kappa shape index (κ2) is 8.24. The van der Waals surface area contributed by atoms with Crippen molar-refractivity contribution in [2.45, 2.75) is 13.5 Å². The third-order valence-electron chi connectivity index (χ3n) is 3.02. The van der Waals surface area contributed by atoms with E-state index in [4.69, 9.17) is 21.7 Å². The van der Waals surface area contributed by atoms with E-state index in [-0.39, 0.29) is 0 Å². The quantitative estimate of drug-likeness (QED) is 0.797. The van der Waals surface area contributed by atoms with Crippen molar-refractivity contribution in [2.24, 2.45) is 0 Å². The minimum absolute atomic E-state index is 0.574. The van der Waals surface area contributed by atoms with E-state index in [2.05, 4.69) is 10.6 Å². The predicted octanol–water partition coefficient (Wildman–Crippen LogP) is 3.58. The van der Waals surface area contributed by atoms with Crippen LogP contribution >= 0.6 is 12.2 Å². The van der Waals surface area contributed by atoms with Gasteiger partial charge < -0.3 is 20.1 Å². The first-order valence-corrected chi connectivity index (χ1v) is 7.52. The van der Waals surface area contributed by atoms with Gasteiger partial charge in [0.1, 0.15) is 11.5 Å². The third-order valence-corrected chi connectivity index (χ3v) is 3.26. The molecule has 4 nitrogen and oxygen atoms in total. The lowest BCUT2D eigenvalue weighted by atomic mass is 10.2. The number of hydrogen-bond donors (Lipinski definition) is 2. The molecule has 116 valence electrons. The number of anilines is 1. The van der Waals surface area contributed by atoms with Crippen molar-refractivity contribution < 1.29 is 9.47 Å². The second-order valence-electron chi connectivity index (χ2n) is 4.62. The van der Waals surface area contributed by atoms with E-state index >= 15 is 0 Å². The summed E-state index contributed by atoms with van der Waals surface area (Å²) < 4.78 is 10.6. The molecule has 2 aromatic carbocycles. The van der Waals surface area contributed by atoms with Gasteiger partial charge >= 0.3 is 0 Å². The summed E-state index contributed by atoms with van der Waals surface area (Å²) in [5.41, 5.74) is 2.03. The average Bonchev–Trinajstić information content (AvgIpc) is 2.54. The molecule has 0 bridgehead atoms. The normalized spacial score (nSPS) is 9.91. The van der Waals surface area contributed by atoms with E-state index in [1.807, 2.05) is 55.5 Å². The van der Waals surface area contributed by atoms with Crippen LogP contribution in [0.1, 0.15) is 12.5 Å². The van der Waals surface area contributed by atoms with Gasteiger partial charge in [-0.05, 0) is 49.0 Å². The highest BCUT2D eigenvalue weighted by atomic mass is 32.1. The Hall–Kier alpha value is -2.27. The van der Waals surface area contributed by atoms with Crippen LogP contribution < -0.4 is 20.1 Å². The molecule has 2 N–H and O–H groups in total. The van der Waals surface area contributed by atoms with Crippen LogP contribution in [-0.4, -0.2) is 18.8 Å². The van der Waals surface area contributed by atoms with E-state index in [9.17, 15) is 0 Å². The van der Waals surface area contributed by atoms with Crippen molar-refractivity contribution in [1.29, 1.82) is 0 Å². The second-order valence-corrected chi connectivity index (χ2v) is 5.02. The van der Waals surface area contributed by atoms with Crippen LogP contribution in [0.2, 0.25) is 0 Å². The Kier molecular flexibility index (Phi) is 6.03. The van der Waals surface area contributed by atoms with Crippen molar-refractivity contribution in [2.75, 3.05) is 19.0 Å². The van der Waals surface area contributed by atoms with Gasteiger partial charge in [-0.25, -0.2) is 0 Å². The van der Waals surface area contributed by atoms with Crippen LogP contribution in [0, 0.1) is 0 Å². The summed E-state index contributed by atoms with van der Waals surface area (Å²) in [5, 5.41) is 6.90. The predicted molar refractivity (Wildman–Crippen MR) is 93.7 cm³/mol. The number of rotatable bonds is 6. The van der Waals surface area contributed by atoms with Crippen molar-refractivity contribution in [3.8, 4) is 11.5 Å². The van der Waals surface area contributed by atoms with Gasteiger partial charge in [0.25, 0.3) is 0 Å². The first kappa shape index (κ1) is 16.1. The highest BCUT2D eigenvalue weighted by Gasteiger charge is 2.00. The average molecular weight is 316 g/mol. The number of hydrogen-bond acceptors (Lipinski definition) is 3. The van der Waals surface area contributed by atoms with E-state index in [1.165, 1.54) is 0 Å². The molecule has 0 aliphatic heterocycles. The van der Waals surface area contributed by atoms with Crippen molar-refractivity contribution >= 4 is 23.0 Å². The molecule has 0 aliphatic rings. The minimum Gasteiger partial charge on any atom is -0.497 e. The summed E-state index contributed by atoms with van der Waals surface area (Å²) in [6.45, 7) is 3.26. The van der Waals surface area contributed by atoms with E-state index in [0.29, 0.717) is 18.3 Å². The maximum absolute atomic E-state index is 5.46. The zero-order valence-electron chi connectivity index (χ0n) is 12.8. The highest BCUT2D eigenvalue weighted by molar-refractivity contribution is 7.80. The van der Waals surface area contributed by atoms with Crippen molar-refractivity contribution in [3.63, 3.8) is 0 Å². The monoisotopic (exact) mass is 316 g/mol. The summed E-state index contributed by atoms with van der Waals surface area (Å²) >= 11 is 5.30.